The quantitative estimate of drug-likeness (QED) is 0.510. The molecule has 4 saturated carbocycles. The Kier molecular flexibility index (Phi) is 5.97. The van der Waals surface area contributed by atoms with Crippen LogP contribution in [-0.2, 0) is 19.1 Å². The maximum absolute atomic E-state index is 13.0. The lowest BCUT2D eigenvalue weighted by atomic mass is 9.50. The van der Waals surface area contributed by atoms with Crippen molar-refractivity contribution in [2.24, 2.45) is 35.5 Å². The van der Waals surface area contributed by atoms with Gasteiger partial charge < -0.3 is 9.47 Å². The van der Waals surface area contributed by atoms with Gasteiger partial charge in [0.2, 0.25) is 0 Å². The summed E-state index contributed by atoms with van der Waals surface area (Å²) in [6.45, 7) is 5.90. The molecule has 4 aliphatic rings. The summed E-state index contributed by atoms with van der Waals surface area (Å²) in [6.07, 6.45) is 4.54. The molecule has 0 aromatic heterocycles. The molecule has 0 aliphatic heterocycles. The van der Waals surface area contributed by atoms with Crippen LogP contribution in [0.5, 0.6) is 0 Å². The predicted molar refractivity (Wildman–Crippen MR) is 113 cm³/mol. The SMILES string of the molecule is CCC(C)C(=O)OC1C2CC3CC1CC(C2)C3C(=O)OC(C)c1ccc(S)cc1. The highest BCUT2D eigenvalue weighted by atomic mass is 32.1. The van der Waals surface area contributed by atoms with Gasteiger partial charge in [-0.05, 0) is 80.4 Å². The fraction of sp³-hybridized carbons (Fsp3) is 0.667. The zero-order valence-corrected chi connectivity index (χ0v) is 18.4. The van der Waals surface area contributed by atoms with E-state index < -0.39 is 0 Å². The molecule has 1 aromatic carbocycles. The van der Waals surface area contributed by atoms with E-state index in [1.54, 1.807) is 0 Å². The van der Waals surface area contributed by atoms with Crippen molar-refractivity contribution in [3.05, 3.63) is 29.8 Å². The van der Waals surface area contributed by atoms with Crippen molar-refractivity contribution in [1.82, 2.24) is 0 Å². The summed E-state index contributed by atoms with van der Waals surface area (Å²) in [5.41, 5.74) is 0.997. The van der Waals surface area contributed by atoms with Gasteiger partial charge in [0.15, 0.2) is 0 Å². The fourth-order valence-corrected chi connectivity index (χ4v) is 6.04. The first kappa shape index (κ1) is 20.8. The zero-order chi connectivity index (χ0) is 20.7. The topological polar surface area (TPSA) is 52.6 Å². The Morgan fingerprint density at radius 2 is 1.55 bits per heavy atom. The van der Waals surface area contributed by atoms with Gasteiger partial charge in [-0.25, -0.2) is 0 Å². The average Bonchev–Trinajstić information content (AvgIpc) is 2.69. The Labute approximate surface area is 179 Å². The van der Waals surface area contributed by atoms with Gasteiger partial charge in [-0.1, -0.05) is 26.0 Å². The molecular formula is C24H32O4S. The molecule has 0 amide bonds. The monoisotopic (exact) mass is 416 g/mol. The summed E-state index contributed by atoms with van der Waals surface area (Å²) < 4.78 is 11.8. The van der Waals surface area contributed by atoms with Crippen LogP contribution in [-0.4, -0.2) is 18.0 Å². The van der Waals surface area contributed by atoms with Gasteiger partial charge in [0.05, 0.1) is 11.8 Å². The minimum absolute atomic E-state index is 0.000295. The van der Waals surface area contributed by atoms with Crippen LogP contribution in [0.2, 0.25) is 0 Å². The smallest absolute Gasteiger partial charge is 0.310 e. The van der Waals surface area contributed by atoms with Crippen molar-refractivity contribution in [1.29, 1.82) is 0 Å². The van der Waals surface area contributed by atoms with Crippen LogP contribution in [0.25, 0.3) is 0 Å². The first-order valence-corrected chi connectivity index (χ1v) is 11.5. The minimum Gasteiger partial charge on any atom is -0.462 e. The van der Waals surface area contributed by atoms with E-state index in [9.17, 15) is 9.59 Å². The predicted octanol–water partition coefficient (Wildman–Crippen LogP) is 5.22. The van der Waals surface area contributed by atoms with Gasteiger partial charge in [0.25, 0.3) is 0 Å². The summed E-state index contributed by atoms with van der Waals surface area (Å²) in [5.74, 6) is 1.43. The molecule has 0 heterocycles. The molecule has 4 nitrogen and oxygen atoms in total. The maximum atomic E-state index is 13.0. The molecule has 4 fully saturated rings. The first-order valence-electron chi connectivity index (χ1n) is 11.1. The largest absolute Gasteiger partial charge is 0.462 e. The second-order valence-electron chi connectivity index (χ2n) is 9.39. The highest BCUT2D eigenvalue weighted by molar-refractivity contribution is 7.80. The van der Waals surface area contributed by atoms with E-state index in [4.69, 9.17) is 9.47 Å². The first-order chi connectivity index (χ1) is 13.9. The third kappa shape index (κ3) is 4.08. The molecule has 4 bridgehead atoms. The number of carbonyl (C=O) groups is 2. The summed E-state index contributed by atoms with van der Waals surface area (Å²) >= 11 is 4.31. The average molecular weight is 417 g/mol. The standard InChI is InChI=1S/C24H32O4S/c1-4-13(2)23(25)28-22-18-9-16-10-19(22)12-17(11-18)21(16)24(26)27-14(3)15-5-7-20(29)8-6-15/h5-8,13-14,16-19,21-22,29H,4,9-12H2,1-3H3. The summed E-state index contributed by atoms with van der Waals surface area (Å²) in [6, 6.07) is 7.78. The minimum atomic E-state index is -0.252. The number of hydrogen-bond donors (Lipinski definition) is 1. The maximum Gasteiger partial charge on any atom is 0.310 e. The molecule has 5 rings (SSSR count). The van der Waals surface area contributed by atoms with E-state index in [1.807, 2.05) is 45.0 Å². The molecule has 29 heavy (non-hydrogen) atoms. The van der Waals surface area contributed by atoms with E-state index in [-0.39, 0.29) is 36.0 Å². The van der Waals surface area contributed by atoms with E-state index in [1.165, 1.54) is 0 Å². The normalized spacial score (nSPS) is 34.5. The highest BCUT2D eigenvalue weighted by Crippen LogP contribution is 2.58. The van der Waals surface area contributed by atoms with Crippen LogP contribution in [0.15, 0.2) is 29.2 Å². The molecule has 0 spiro atoms. The molecule has 0 saturated heterocycles. The molecule has 2 unspecified atom stereocenters. The second-order valence-corrected chi connectivity index (χ2v) is 9.91. The van der Waals surface area contributed by atoms with Gasteiger partial charge in [-0.15, -0.1) is 12.6 Å². The van der Waals surface area contributed by atoms with Gasteiger partial charge in [0, 0.05) is 4.90 Å². The Morgan fingerprint density at radius 1 is 1.00 bits per heavy atom. The molecule has 0 radical (unpaired) electrons. The van der Waals surface area contributed by atoms with E-state index in [0.29, 0.717) is 23.7 Å². The van der Waals surface area contributed by atoms with E-state index >= 15 is 0 Å². The van der Waals surface area contributed by atoms with Crippen LogP contribution in [0.1, 0.15) is 64.5 Å². The molecule has 4 aliphatic carbocycles. The number of thiol groups is 1. The number of carbonyl (C=O) groups excluding carboxylic acids is 2. The number of hydrogen-bond acceptors (Lipinski definition) is 5. The van der Waals surface area contributed by atoms with Crippen molar-refractivity contribution in [2.45, 2.75) is 70.0 Å². The lowest BCUT2D eigenvalue weighted by Crippen LogP contribution is -2.56. The Bertz CT molecular complexity index is 729. The summed E-state index contributed by atoms with van der Waals surface area (Å²) in [5, 5.41) is 0. The van der Waals surface area contributed by atoms with Gasteiger partial charge in [-0.2, -0.15) is 0 Å². The molecular weight excluding hydrogens is 384 g/mol. The number of ether oxygens (including phenoxy) is 2. The molecule has 1 aromatic rings. The summed E-state index contributed by atoms with van der Waals surface area (Å²) in [7, 11) is 0. The van der Waals surface area contributed by atoms with Crippen LogP contribution in [0, 0.1) is 35.5 Å². The molecule has 158 valence electrons. The zero-order valence-electron chi connectivity index (χ0n) is 17.5. The van der Waals surface area contributed by atoms with Crippen molar-refractivity contribution >= 4 is 24.6 Å². The third-order valence-corrected chi connectivity index (χ3v) is 7.86. The molecule has 5 heteroatoms. The lowest BCUT2D eigenvalue weighted by Gasteiger charge is -2.56. The van der Waals surface area contributed by atoms with Gasteiger partial charge in [-0.3, -0.25) is 9.59 Å². The van der Waals surface area contributed by atoms with Gasteiger partial charge in [0.1, 0.15) is 12.2 Å². The number of esters is 2. The number of benzene rings is 1. The Hall–Kier alpha value is -1.49. The lowest BCUT2D eigenvalue weighted by molar-refractivity contribution is -0.191. The fourth-order valence-electron chi connectivity index (χ4n) is 5.89. The van der Waals surface area contributed by atoms with E-state index in [2.05, 4.69) is 12.6 Å². The van der Waals surface area contributed by atoms with Crippen LogP contribution in [0.3, 0.4) is 0 Å². The van der Waals surface area contributed by atoms with Crippen molar-refractivity contribution < 1.29 is 19.1 Å². The van der Waals surface area contributed by atoms with Crippen LogP contribution < -0.4 is 0 Å². The molecule has 2 atom stereocenters. The summed E-state index contributed by atoms with van der Waals surface area (Å²) in [4.78, 5) is 26.3. The highest BCUT2D eigenvalue weighted by Gasteiger charge is 2.56. The Balaban J connectivity index is 1.38. The second kappa shape index (κ2) is 8.33. The van der Waals surface area contributed by atoms with Crippen molar-refractivity contribution in [3.63, 3.8) is 0 Å². The van der Waals surface area contributed by atoms with Crippen molar-refractivity contribution in [3.8, 4) is 0 Å². The van der Waals surface area contributed by atoms with Crippen molar-refractivity contribution in [2.75, 3.05) is 0 Å². The molecule has 0 N–H and O–H groups in total. The third-order valence-electron chi connectivity index (χ3n) is 7.56. The van der Waals surface area contributed by atoms with Gasteiger partial charge >= 0.3 is 11.9 Å². The van der Waals surface area contributed by atoms with E-state index in [0.717, 1.165) is 42.6 Å². The Morgan fingerprint density at radius 3 is 2.07 bits per heavy atom. The van der Waals surface area contributed by atoms with Crippen LogP contribution >= 0.6 is 12.6 Å². The van der Waals surface area contributed by atoms with Crippen LogP contribution in [0.4, 0.5) is 0 Å². The number of rotatable bonds is 6.